The van der Waals surface area contributed by atoms with Crippen molar-refractivity contribution in [2.45, 2.75) is 32.2 Å². The summed E-state index contributed by atoms with van der Waals surface area (Å²) in [4.78, 5) is 0. The molecule has 2 rings (SSSR count). The maximum atomic E-state index is 13.1. The van der Waals surface area contributed by atoms with Crippen LogP contribution in [0.15, 0.2) is 18.2 Å². The second-order valence-corrected chi connectivity index (χ2v) is 4.58. The third kappa shape index (κ3) is 2.53. The van der Waals surface area contributed by atoms with E-state index < -0.39 is 0 Å². The van der Waals surface area contributed by atoms with E-state index in [1.807, 2.05) is 6.92 Å². The Morgan fingerprint density at radius 1 is 1.50 bits per heavy atom. The monoisotopic (exact) mass is 223 g/mol. The van der Waals surface area contributed by atoms with Crippen molar-refractivity contribution in [1.29, 1.82) is 0 Å². The van der Waals surface area contributed by atoms with Crippen molar-refractivity contribution in [2.75, 3.05) is 6.61 Å². The maximum absolute atomic E-state index is 13.1. The summed E-state index contributed by atoms with van der Waals surface area (Å²) in [7, 11) is 0. The molecule has 0 amide bonds. The number of benzene rings is 1. The number of hydrogen-bond acceptors (Lipinski definition) is 2. The Kier molecular flexibility index (Phi) is 3.44. The predicted octanol–water partition coefficient (Wildman–Crippen LogP) is 3.02. The van der Waals surface area contributed by atoms with Crippen LogP contribution in [0.5, 0.6) is 5.75 Å². The highest BCUT2D eigenvalue weighted by molar-refractivity contribution is 5.36. The van der Waals surface area contributed by atoms with E-state index in [1.165, 1.54) is 31.4 Å². The quantitative estimate of drug-likeness (QED) is 0.851. The van der Waals surface area contributed by atoms with Crippen LogP contribution < -0.4 is 10.5 Å². The molecule has 1 aliphatic carbocycles. The second kappa shape index (κ2) is 4.83. The van der Waals surface area contributed by atoms with Gasteiger partial charge in [-0.1, -0.05) is 6.42 Å². The molecule has 1 saturated carbocycles. The van der Waals surface area contributed by atoms with E-state index in [0.29, 0.717) is 5.92 Å². The van der Waals surface area contributed by atoms with Gasteiger partial charge in [0.2, 0.25) is 0 Å². The zero-order valence-electron chi connectivity index (χ0n) is 9.58. The van der Waals surface area contributed by atoms with Gasteiger partial charge in [-0.15, -0.1) is 0 Å². The molecule has 16 heavy (non-hydrogen) atoms. The molecule has 0 radical (unpaired) electrons. The summed E-state index contributed by atoms with van der Waals surface area (Å²) in [6.07, 6.45) is 3.79. The Hall–Kier alpha value is -1.09. The molecule has 0 bridgehead atoms. The summed E-state index contributed by atoms with van der Waals surface area (Å²) in [5.74, 6) is 1.14. The Morgan fingerprint density at radius 3 is 2.81 bits per heavy atom. The van der Waals surface area contributed by atoms with Gasteiger partial charge in [0.15, 0.2) is 0 Å². The van der Waals surface area contributed by atoms with Crippen LogP contribution in [-0.2, 0) is 0 Å². The van der Waals surface area contributed by atoms with Crippen LogP contribution in [0.25, 0.3) is 0 Å². The highest BCUT2D eigenvalue weighted by atomic mass is 19.1. The van der Waals surface area contributed by atoms with Gasteiger partial charge in [0.1, 0.15) is 11.6 Å². The summed E-state index contributed by atoms with van der Waals surface area (Å²) in [5.41, 5.74) is 6.54. The minimum atomic E-state index is -0.261. The summed E-state index contributed by atoms with van der Waals surface area (Å²) in [5, 5.41) is 0. The molecule has 1 aromatic rings. The zero-order chi connectivity index (χ0) is 11.5. The normalized spacial score (nSPS) is 17.9. The first-order valence-electron chi connectivity index (χ1n) is 5.84. The molecule has 0 saturated heterocycles. The molecular formula is C13H18FNO. The molecular weight excluding hydrogens is 205 g/mol. The van der Waals surface area contributed by atoms with E-state index in [-0.39, 0.29) is 11.9 Å². The van der Waals surface area contributed by atoms with Crippen LogP contribution in [0.2, 0.25) is 0 Å². The predicted molar refractivity (Wildman–Crippen MR) is 61.8 cm³/mol. The molecule has 1 fully saturated rings. The lowest BCUT2D eigenvalue weighted by Gasteiger charge is -2.26. The molecule has 1 unspecified atom stereocenters. The van der Waals surface area contributed by atoms with E-state index in [4.69, 9.17) is 10.5 Å². The highest BCUT2D eigenvalue weighted by Crippen LogP contribution is 2.29. The lowest BCUT2D eigenvalue weighted by Crippen LogP contribution is -2.20. The summed E-state index contributed by atoms with van der Waals surface area (Å²) >= 11 is 0. The first-order valence-corrected chi connectivity index (χ1v) is 5.84. The molecule has 0 heterocycles. The van der Waals surface area contributed by atoms with Crippen LogP contribution in [0, 0.1) is 11.7 Å². The molecule has 3 heteroatoms. The van der Waals surface area contributed by atoms with Crippen LogP contribution in [-0.4, -0.2) is 6.61 Å². The fourth-order valence-corrected chi connectivity index (χ4v) is 1.87. The molecule has 1 aromatic carbocycles. The fraction of sp³-hybridized carbons (Fsp3) is 0.538. The molecule has 0 aliphatic heterocycles. The molecule has 2 N–H and O–H groups in total. The van der Waals surface area contributed by atoms with Crippen molar-refractivity contribution in [3.05, 3.63) is 29.6 Å². The first kappa shape index (κ1) is 11.4. The van der Waals surface area contributed by atoms with Gasteiger partial charge in [-0.25, -0.2) is 4.39 Å². The zero-order valence-corrected chi connectivity index (χ0v) is 9.58. The van der Waals surface area contributed by atoms with Gasteiger partial charge >= 0.3 is 0 Å². The van der Waals surface area contributed by atoms with Gasteiger partial charge in [-0.3, -0.25) is 0 Å². The number of hydrogen-bond donors (Lipinski definition) is 1. The Bertz CT molecular complexity index is 361. The standard InChI is InChI=1S/C13H18FNO/c1-9(15)12-7-11(14)5-6-13(12)16-8-10-3-2-4-10/h5-7,9-10H,2-4,8,15H2,1H3. The van der Waals surface area contributed by atoms with Crippen molar-refractivity contribution in [2.24, 2.45) is 11.7 Å². The first-order chi connectivity index (χ1) is 7.66. The molecule has 1 atom stereocenters. The lowest BCUT2D eigenvalue weighted by atomic mass is 9.86. The van der Waals surface area contributed by atoms with Gasteiger partial charge in [0.25, 0.3) is 0 Å². The van der Waals surface area contributed by atoms with E-state index >= 15 is 0 Å². The largest absolute Gasteiger partial charge is 0.493 e. The highest BCUT2D eigenvalue weighted by Gasteiger charge is 2.19. The Labute approximate surface area is 95.6 Å². The molecule has 1 aliphatic rings. The van der Waals surface area contributed by atoms with E-state index in [0.717, 1.165) is 17.9 Å². The molecule has 0 aromatic heterocycles. The van der Waals surface area contributed by atoms with Gasteiger partial charge < -0.3 is 10.5 Å². The average Bonchev–Trinajstić information content (AvgIpc) is 2.17. The van der Waals surface area contributed by atoms with E-state index in [1.54, 1.807) is 6.07 Å². The van der Waals surface area contributed by atoms with Gasteiger partial charge in [-0.2, -0.15) is 0 Å². The topological polar surface area (TPSA) is 35.2 Å². The Morgan fingerprint density at radius 2 is 2.25 bits per heavy atom. The Balaban J connectivity index is 2.05. The van der Waals surface area contributed by atoms with Crippen LogP contribution in [0.3, 0.4) is 0 Å². The number of rotatable bonds is 4. The van der Waals surface area contributed by atoms with Crippen molar-refractivity contribution in [3.63, 3.8) is 0 Å². The van der Waals surface area contributed by atoms with E-state index in [2.05, 4.69) is 0 Å². The van der Waals surface area contributed by atoms with Crippen molar-refractivity contribution >= 4 is 0 Å². The van der Waals surface area contributed by atoms with Crippen LogP contribution in [0.4, 0.5) is 4.39 Å². The fourth-order valence-electron chi connectivity index (χ4n) is 1.87. The SMILES string of the molecule is CC(N)c1cc(F)ccc1OCC1CCC1. The number of nitrogens with two attached hydrogens (primary N) is 1. The number of ether oxygens (including phenoxy) is 1. The molecule has 0 spiro atoms. The summed E-state index contributed by atoms with van der Waals surface area (Å²) < 4.78 is 18.8. The van der Waals surface area contributed by atoms with Gasteiger partial charge in [-0.05, 0) is 43.9 Å². The minimum absolute atomic E-state index is 0.202. The van der Waals surface area contributed by atoms with E-state index in [9.17, 15) is 4.39 Å². The van der Waals surface area contributed by atoms with Gasteiger partial charge in [0, 0.05) is 11.6 Å². The molecule has 2 nitrogen and oxygen atoms in total. The van der Waals surface area contributed by atoms with Crippen molar-refractivity contribution < 1.29 is 9.13 Å². The smallest absolute Gasteiger partial charge is 0.124 e. The average molecular weight is 223 g/mol. The van der Waals surface area contributed by atoms with Crippen LogP contribution in [0.1, 0.15) is 37.8 Å². The van der Waals surface area contributed by atoms with Gasteiger partial charge in [0.05, 0.1) is 6.61 Å². The van der Waals surface area contributed by atoms with Crippen LogP contribution >= 0.6 is 0 Å². The summed E-state index contributed by atoms with van der Waals surface area (Å²) in [6, 6.07) is 4.35. The lowest BCUT2D eigenvalue weighted by molar-refractivity contribution is 0.179. The van der Waals surface area contributed by atoms with Crippen molar-refractivity contribution in [1.82, 2.24) is 0 Å². The third-order valence-electron chi connectivity index (χ3n) is 3.16. The minimum Gasteiger partial charge on any atom is -0.493 e. The summed E-state index contributed by atoms with van der Waals surface area (Å²) in [6.45, 7) is 2.57. The maximum Gasteiger partial charge on any atom is 0.124 e. The third-order valence-corrected chi connectivity index (χ3v) is 3.16. The number of halogens is 1. The van der Waals surface area contributed by atoms with Crippen molar-refractivity contribution in [3.8, 4) is 5.75 Å². The second-order valence-electron chi connectivity index (χ2n) is 4.58. The molecule has 88 valence electrons.